The molecule has 37 heavy (non-hydrogen) atoms. The van der Waals surface area contributed by atoms with Gasteiger partial charge in [0.25, 0.3) is 11.8 Å². The van der Waals surface area contributed by atoms with Gasteiger partial charge in [-0.05, 0) is 35.8 Å². The number of alkyl halides is 1. The molecular formula is C25H32IN3O8. The molecule has 0 aliphatic carbocycles. The number of nitrogens with one attached hydrogen (secondary N) is 2. The molecule has 1 saturated heterocycles. The Morgan fingerprint density at radius 3 is 2.35 bits per heavy atom. The van der Waals surface area contributed by atoms with E-state index in [0.29, 0.717) is 26.4 Å². The number of unbranched alkanes of at least 4 members (excludes halogenated alkanes) is 2. The number of rotatable bonds is 16. The van der Waals surface area contributed by atoms with Gasteiger partial charge in [0, 0.05) is 13.0 Å². The second kappa shape index (κ2) is 15.1. The fourth-order valence-electron chi connectivity index (χ4n) is 4.01. The molecule has 0 aromatic heterocycles. The van der Waals surface area contributed by atoms with Crippen molar-refractivity contribution in [3.05, 3.63) is 29.3 Å². The van der Waals surface area contributed by atoms with Crippen LogP contribution >= 0.6 is 22.6 Å². The van der Waals surface area contributed by atoms with Crippen molar-refractivity contribution in [2.24, 2.45) is 0 Å². The molecule has 1 aromatic carbocycles. The zero-order valence-electron chi connectivity index (χ0n) is 20.6. The molecule has 1 fully saturated rings. The van der Waals surface area contributed by atoms with E-state index < -0.39 is 29.7 Å². The molecule has 0 bridgehead atoms. The zero-order valence-corrected chi connectivity index (χ0v) is 22.8. The van der Waals surface area contributed by atoms with Gasteiger partial charge in [-0.2, -0.15) is 0 Å². The highest BCUT2D eigenvalue weighted by Gasteiger charge is 2.45. The number of halogens is 1. The lowest BCUT2D eigenvalue weighted by Gasteiger charge is -2.27. The second-order valence-electron chi connectivity index (χ2n) is 8.56. The number of benzene rings is 1. The van der Waals surface area contributed by atoms with Crippen molar-refractivity contribution in [3.8, 4) is 0 Å². The van der Waals surface area contributed by atoms with Crippen molar-refractivity contribution in [3.63, 3.8) is 0 Å². The lowest BCUT2D eigenvalue weighted by Crippen LogP contribution is -2.54. The Bertz CT molecular complexity index is 1000. The molecule has 3 rings (SSSR count). The second-order valence-corrected chi connectivity index (χ2v) is 9.64. The van der Waals surface area contributed by atoms with Crippen LogP contribution in [0.3, 0.4) is 0 Å². The number of hydrogen-bond donors (Lipinski definition) is 2. The summed E-state index contributed by atoms with van der Waals surface area (Å²) in [6.07, 6.45) is 3.58. The quantitative estimate of drug-likeness (QED) is 0.123. The number of hydrogen-bond acceptors (Lipinski definition) is 8. The van der Waals surface area contributed by atoms with Gasteiger partial charge < -0.3 is 19.5 Å². The first-order chi connectivity index (χ1) is 17.9. The Kier molecular flexibility index (Phi) is 11.9. The maximum Gasteiger partial charge on any atom is 0.264 e. The molecule has 1 atom stereocenters. The summed E-state index contributed by atoms with van der Waals surface area (Å²) in [6, 6.07) is 3.48. The third-order valence-corrected chi connectivity index (χ3v) is 6.64. The fraction of sp³-hybridized carbons (Fsp3) is 0.560. The minimum absolute atomic E-state index is 0.0329. The molecule has 0 saturated carbocycles. The van der Waals surface area contributed by atoms with Crippen LogP contribution in [0.4, 0.5) is 5.69 Å². The van der Waals surface area contributed by atoms with Crippen LogP contribution in [0, 0.1) is 0 Å². The number of carbonyl (C=O) groups excluding carboxylic acids is 5. The van der Waals surface area contributed by atoms with Gasteiger partial charge >= 0.3 is 0 Å². The largest absolute Gasteiger partial charge is 0.379 e. The average molecular weight is 629 g/mol. The normalized spacial score (nSPS) is 17.2. The van der Waals surface area contributed by atoms with E-state index in [1.807, 2.05) is 0 Å². The van der Waals surface area contributed by atoms with E-state index in [-0.39, 0.29) is 48.6 Å². The highest BCUT2D eigenvalue weighted by molar-refractivity contribution is 14.1. The van der Waals surface area contributed by atoms with Crippen molar-refractivity contribution in [1.82, 2.24) is 10.2 Å². The Hall–Kier alpha value is -2.42. The lowest BCUT2D eigenvalue weighted by atomic mass is 10.0. The monoisotopic (exact) mass is 629 g/mol. The van der Waals surface area contributed by atoms with Crippen molar-refractivity contribution in [2.45, 2.75) is 44.6 Å². The van der Waals surface area contributed by atoms with Crippen LogP contribution < -0.4 is 10.6 Å². The van der Waals surface area contributed by atoms with Gasteiger partial charge in [0.15, 0.2) is 0 Å². The summed E-state index contributed by atoms with van der Waals surface area (Å²) in [5.41, 5.74) is 0.325. The molecule has 2 heterocycles. The Morgan fingerprint density at radius 1 is 0.946 bits per heavy atom. The maximum atomic E-state index is 13.1. The van der Waals surface area contributed by atoms with Crippen LogP contribution in [-0.4, -0.2) is 84.5 Å². The van der Waals surface area contributed by atoms with Crippen LogP contribution in [0.15, 0.2) is 18.2 Å². The minimum atomic E-state index is -1.07. The Balaban J connectivity index is 1.37. The van der Waals surface area contributed by atoms with Gasteiger partial charge in [0.2, 0.25) is 17.7 Å². The molecule has 12 heteroatoms. The fourth-order valence-corrected chi connectivity index (χ4v) is 4.55. The Morgan fingerprint density at radius 2 is 1.65 bits per heavy atom. The first kappa shape index (κ1) is 29.1. The number of amides is 5. The summed E-state index contributed by atoms with van der Waals surface area (Å²) in [5, 5.41) is 4.81. The molecule has 0 radical (unpaired) electrons. The van der Waals surface area contributed by atoms with Crippen LogP contribution in [-0.2, 0) is 28.6 Å². The lowest BCUT2D eigenvalue weighted by molar-refractivity contribution is -0.136. The van der Waals surface area contributed by atoms with Crippen LogP contribution in [0.25, 0.3) is 0 Å². The summed E-state index contributed by atoms with van der Waals surface area (Å²) in [4.78, 5) is 62.9. The summed E-state index contributed by atoms with van der Waals surface area (Å²) in [6.45, 7) is 2.64. The van der Waals surface area contributed by atoms with E-state index in [4.69, 9.17) is 14.2 Å². The number of nitrogens with zero attached hydrogens (tertiary/aromatic N) is 1. The molecule has 1 unspecified atom stereocenters. The van der Waals surface area contributed by atoms with E-state index in [9.17, 15) is 24.0 Å². The van der Waals surface area contributed by atoms with Gasteiger partial charge in [0.05, 0.1) is 56.3 Å². The van der Waals surface area contributed by atoms with E-state index in [1.165, 1.54) is 29.4 Å². The van der Waals surface area contributed by atoms with E-state index >= 15 is 0 Å². The van der Waals surface area contributed by atoms with Crippen molar-refractivity contribution >= 4 is 57.8 Å². The average Bonchev–Trinajstić information content (AvgIpc) is 3.12. The number of ether oxygens (including phenoxy) is 3. The first-order valence-electron chi connectivity index (χ1n) is 12.4. The van der Waals surface area contributed by atoms with Gasteiger partial charge in [-0.15, -0.1) is 0 Å². The molecule has 2 aliphatic heterocycles. The van der Waals surface area contributed by atoms with Crippen molar-refractivity contribution in [1.29, 1.82) is 0 Å². The Labute approximate surface area is 229 Å². The van der Waals surface area contributed by atoms with E-state index in [1.54, 1.807) is 6.07 Å². The smallest absolute Gasteiger partial charge is 0.264 e. The third kappa shape index (κ3) is 8.28. The summed E-state index contributed by atoms with van der Waals surface area (Å²) < 4.78 is 17.5. The highest BCUT2D eigenvalue weighted by atomic mass is 127. The van der Waals surface area contributed by atoms with E-state index in [2.05, 4.69) is 33.2 Å². The zero-order chi connectivity index (χ0) is 26.6. The van der Waals surface area contributed by atoms with Crippen molar-refractivity contribution < 1.29 is 38.2 Å². The molecule has 5 amide bonds. The van der Waals surface area contributed by atoms with Crippen molar-refractivity contribution in [2.75, 3.05) is 49.4 Å². The highest BCUT2D eigenvalue weighted by Crippen LogP contribution is 2.32. The summed E-state index contributed by atoms with van der Waals surface area (Å²) in [5.74, 6) is -2.82. The number of imide groups is 2. The summed E-state index contributed by atoms with van der Waals surface area (Å²) in [7, 11) is 0. The van der Waals surface area contributed by atoms with Crippen LogP contribution in [0.5, 0.6) is 0 Å². The molecule has 2 N–H and O–H groups in total. The molecule has 202 valence electrons. The predicted octanol–water partition coefficient (Wildman–Crippen LogP) is 2.07. The number of carbonyl (C=O) groups is 5. The standard InChI is InChI=1S/C25H32IN3O8/c26-10-2-1-3-11-35-13-15-37-16-14-36-12-9-21(31)27-18-6-4-5-17-22(18)25(34)29(24(17)33)19-7-8-20(30)28-23(19)32/h4-6,19H,1-3,7-16H2,(H,27,31)(H,28,30,32). The van der Waals surface area contributed by atoms with Gasteiger partial charge in [-0.3, -0.25) is 34.2 Å². The van der Waals surface area contributed by atoms with Gasteiger partial charge in [-0.25, -0.2) is 0 Å². The van der Waals surface area contributed by atoms with E-state index in [0.717, 1.165) is 17.9 Å². The topological polar surface area (TPSA) is 140 Å². The predicted molar refractivity (Wildman–Crippen MR) is 142 cm³/mol. The molecule has 11 nitrogen and oxygen atoms in total. The van der Waals surface area contributed by atoms with Crippen LogP contribution in [0.1, 0.15) is 59.2 Å². The van der Waals surface area contributed by atoms with Crippen LogP contribution in [0.2, 0.25) is 0 Å². The van der Waals surface area contributed by atoms with Gasteiger partial charge in [0.1, 0.15) is 6.04 Å². The molecule has 2 aliphatic rings. The number of piperidine rings is 1. The number of anilines is 1. The molecular weight excluding hydrogens is 597 g/mol. The first-order valence-corrected chi connectivity index (χ1v) is 13.9. The summed E-state index contributed by atoms with van der Waals surface area (Å²) >= 11 is 2.37. The molecule has 1 aromatic rings. The molecule has 0 spiro atoms. The maximum absolute atomic E-state index is 13.1. The number of fused-ring (bicyclic) bond motifs is 1. The minimum Gasteiger partial charge on any atom is -0.379 e. The van der Waals surface area contributed by atoms with Gasteiger partial charge in [-0.1, -0.05) is 35.1 Å². The third-order valence-electron chi connectivity index (χ3n) is 5.88. The SMILES string of the molecule is O=C1CCC(N2C(=O)c3cccc(NC(=O)CCOCCOCCOCCCCCI)c3C2=O)C(=O)N1.